The maximum absolute atomic E-state index is 10.1. The van der Waals surface area contributed by atoms with Crippen LogP contribution in [0.1, 0.15) is 36.4 Å². The number of rotatable bonds is 5. The molecular weight excluding hydrogens is 332 g/mol. The smallest absolute Gasteiger partial charge is 0.270 e. The number of aromatic nitrogens is 4. The summed E-state index contributed by atoms with van der Waals surface area (Å²) in [6.07, 6.45) is 3.10. The standard InChI is InChI=1S/C18H20N6O2/c1-24(2)18(25)12-7-3-10(4-8-12)13-9-20-15(19)14(21-13)17-23-22-16(26-17)11-5-6-11/h3-4,7-9,11,18,25H,5-6H2,1-2H3,(H2,19,20). The molecule has 3 N–H and O–H groups in total. The van der Waals surface area contributed by atoms with Crippen LogP contribution < -0.4 is 5.73 Å². The van der Waals surface area contributed by atoms with Crippen molar-refractivity contribution in [3.8, 4) is 22.8 Å². The zero-order valence-electron chi connectivity index (χ0n) is 14.6. The summed E-state index contributed by atoms with van der Waals surface area (Å²) in [7, 11) is 3.63. The van der Waals surface area contributed by atoms with Crippen LogP contribution >= 0.6 is 0 Å². The molecule has 0 bridgehead atoms. The van der Waals surface area contributed by atoms with Gasteiger partial charge in [0.15, 0.2) is 11.5 Å². The van der Waals surface area contributed by atoms with Crippen molar-refractivity contribution in [1.82, 2.24) is 25.1 Å². The summed E-state index contributed by atoms with van der Waals surface area (Å²) in [6.45, 7) is 0. The molecule has 2 aromatic heterocycles. The Balaban J connectivity index is 1.64. The molecule has 0 aliphatic heterocycles. The van der Waals surface area contributed by atoms with Gasteiger partial charge in [-0.15, -0.1) is 10.2 Å². The number of anilines is 1. The molecule has 3 aromatic rings. The maximum Gasteiger partial charge on any atom is 0.270 e. The molecule has 0 radical (unpaired) electrons. The quantitative estimate of drug-likeness (QED) is 0.672. The van der Waals surface area contributed by atoms with E-state index in [1.165, 1.54) is 0 Å². The predicted octanol–water partition coefficient (Wildman–Crippen LogP) is 2.21. The molecular formula is C18H20N6O2. The summed E-state index contributed by atoms with van der Waals surface area (Å²) in [5, 5.41) is 18.2. The average molecular weight is 352 g/mol. The number of aliphatic hydroxyl groups is 1. The summed E-state index contributed by atoms with van der Waals surface area (Å²) < 4.78 is 5.70. The van der Waals surface area contributed by atoms with Crippen LogP contribution in [-0.4, -0.2) is 44.3 Å². The van der Waals surface area contributed by atoms with E-state index in [1.54, 1.807) is 11.1 Å². The lowest BCUT2D eigenvalue weighted by molar-refractivity contribution is 0.0395. The Morgan fingerprint density at radius 1 is 1.19 bits per heavy atom. The highest BCUT2D eigenvalue weighted by molar-refractivity contribution is 5.68. The van der Waals surface area contributed by atoms with Gasteiger partial charge in [-0.05, 0) is 32.5 Å². The zero-order valence-corrected chi connectivity index (χ0v) is 14.6. The Kier molecular flexibility index (Phi) is 4.14. The molecule has 1 unspecified atom stereocenters. The molecule has 134 valence electrons. The zero-order chi connectivity index (χ0) is 18.3. The van der Waals surface area contributed by atoms with E-state index in [4.69, 9.17) is 10.2 Å². The lowest BCUT2D eigenvalue weighted by atomic mass is 10.1. The summed E-state index contributed by atoms with van der Waals surface area (Å²) in [5.74, 6) is 1.54. The minimum Gasteiger partial charge on any atom is -0.419 e. The molecule has 1 aliphatic carbocycles. The third-order valence-electron chi connectivity index (χ3n) is 4.36. The summed E-state index contributed by atoms with van der Waals surface area (Å²) in [6, 6.07) is 7.48. The summed E-state index contributed by atoms with van der Waals surface area (Å²) in [4.78, 5) is 10.5. The van der Waals surface area contributed by atoms with E-state index in [2.05, 4.69) is 20.2 Å². The topological polar surface area (TPSA) is 114 Å². The van der Waals surface area contributed by atoms with Crippen molar-refractivity contribution in [3.63, 3.8) is 0 Å². The molecule has 26 heavy (non-hydrogen) atoms. The first-order valence-corrected chi connectivity index (χ1v) is 8.44. The highest BCUT2D eigenvalue weighted by Crippen LogP contribution is 2.40. The molecule has 1 atom stereocenters. The van der Waals surface area contributed by atoms with Crippen LogP contribution in [0.25, 0.3) is 22.8 Å². The molecule has 1 saturated carbocycles. The van der Waals surface area contributed by atoms with Crippen LogP contribution in [0.4, 0.5) is 5.82 Å². The maximum atomic E-state index is 10.1. The third-order valence-corrected chi connectivity index (χ3v) is 4.36. The van der Waals surface area contributed by atoms with Crippen molar-refractivity contribution in [2.75, 3.05) is 19.8 Å². The van der Waals surface area contributed by atoms with Crippen LogP contribution in [0.2, 0.25) is 0 Å². The number of nitrogens with two attached hydrogens (primary N) is 1. The largest absolute Gasteiger partial charge is 0.419 e. The second kappa shape index (κ2) is 6.47. The van der Waals surface area contributed by atoms with Crippen LogP contribution in [0.5, 0.6) is 0 Å². The number of nitrogen functional groups attached to an aromatic ring is 1. The van der Waals surface area contributed by atoms with Gasteiger partial charge in [-0.3, -0.25) is 4.90 Å². The Bertz CT molecular complexity index is 918. The lowest BCUT2D eigenvalue weighted by Gasteiger charge is -2.18. The van der Waals surface area contributed by atoms with E-state index in [1.807, 2.05) is 38.4 Å². The molecule has 1 aromatic carbocycles. The van der Waals surface area contributed by atoms with Gasteiger partial charge in [0.05, 0.1) is 11.9 Å². The van der Waals surface area contributed by atoms with E-state index in [-0.39, 0.29) is 5.82 Å². The van der Waals surface area contributed by atoms with Crippen LogP contribution in [0, 0.1) is 0 Å². The molecule has 4 rings (SSSR count). The summed E-state index contributed by atoms with van der Waals surface area (Å²) >= 11 is 0. The first-order valence-electron chi connectivity index (χ1n) is 8.44. The normalized spacial score (nSPS) is 15.4. The minimum atomic E-state index is -0.656. The molecule has 8 heteroatoms. The van der Waals surface area contributed by atoms with E-state index in [0.29, 0.717) is 29.1 Å². The van der Waals surface area contributed by atoms with Crippen LogP contribution in [-0.2, 0) is 0 Å². The number of hydrogen-bond donors (Lipinski definition) is 2. The van der Waals surface area contributed by atoms with Gasteiger partial charge in [-0.2, -0.15) is 0 Å². The van der Waals surface area contributed by atoms with Crippen LogP contribution in [0.15, 0.2) is 34.9 Å². The Labute approximate surface area is 150 Å². The fourth-order valence-electron chi connectivity index (χ4n) is 2.64. The van der Waals surface area contributed by atoms with Gasteiger partial charge in [0.25, 0.3) is 5.89 Å². The van der Waals surface area contributed by atoms with E-state index < -0.39 is 6.23 Å². The van der Waals surface area contributed by atoms with Gasteiger partial charge in [-0.1, -0.05) is 24.3 Å². The minimum absolute atomic E-state index is 0.249. The Hall–Kier alpha value is -2.84. The third kappa shape index (κ3) is 3.16. The van der Waals surface area contributed by atoms with Crippen molar-refractivity contribution in [3.05, 3.63) is 41.9 Å². The van der Waals surface area contributed by atoms with Crippen molar-refractivity contribution in [2.24, 2.45) is 0 Å². The van der Waals surface area contributed by atoms with Crippen molar-refractivity contribution in [1.29, 1.82) is 0 Å². The lowest BCUT2D eigenvalue weighted by Crippen LogP contribution is -2.18. The second-order valence-corrected chi connectivity index (χ2v) is 6.67. The average Bonchev–Trinajstić information content (AvgIpc) is 3.39. The van der Waals surface area contributed by atoms with Crippen molar-refractivity contribution in [2.45, 2.75) is 25.0 Å². The van der Waals surface area contributed by atoms with Gasteiger partial charge in [0.1, 0.15) is 6.23 Å². The molecule has 1 fully saturated rings. The molecule has 0 saturated heterocycles. The SMILES string of the molecule is CN(C)C(O)c1ccc(-c2cnc(N)c(-c3nnc(C4CC4)o3)n2)cc1. The van der Waals surface area contributed by atoms with Gasteiger partial charge < -0.3 is 15.3 Å². The highest BCUT2D eigenvalue weighted by atomic mass is 16.4. The van der Waals surface area contributed by atoms with Gasteiger partial charge in [-0.25, -0.2) is 9.97 Å². The first-order chi connectivity index (χ1) is 12.5. The number of nitrogens with zero attached hydrogens (tertiary/aromatic N) is 5. The number of aliphatic hydroxyl groups excluding tert-OH is 1. The number of hydrogen-bond acceptors (Lipinski definition) is 8. The fraction of sp³-hybridized carbons (Fsp3) is 0.333. The molecule has 1 aliphatic rings. The van der Waals surface area contributed by atoms with Gasteiger partial charge in [0, 0.05) is 11.5 Å². The van der Waals surface area contributed by atoms with Gasteiger partial charge in [0.2, 0.25) is 5.89 Å². The molecule has 2 heterocycles. The highest BCUT2D eigenvalue weighted by Gasteiger charge is 2.30. The fourth-order valence-corrected chi connectivity index (χ4v) is 2.64. The van der Waals surface area contributed by atoms with Crippen molar-refractivity contribution < 1.29 is 9.52 Å². The van der Waals surface area contributed by atoms with Gasteiger partial charge >= 0.3 is 0 Å². The second-order valence-electron chi connectivity index (χ2n) is 6.67. The van der Waals surface area contributed by atoms with E-state index in [0.717, 1.165) is 24.0 Å². The number of benzene rings is 1. The van der Waals surface area contributed by atoms with Crippen LogP contribution in [0.3, 0.4) is 0 Å². The first kappa shape index (κ1) is 16.6. The molecule has 0 spiro atoms. The Morgan fingerprint density at radius 3 is 2.58 bits per heavy atom. The van der Waals surface area contributed by atoms with E-state index >= 15 is 0 Å². The molecule has 0 amide bonds. The monoisotopic (exact) mass is 352 g/mol. The predicted molar refractivity (Wildman–Crippen MR) is 95.8 cm³/mol. The van der Waals surface area contributed by atoms with E-state index in [9.17, 15) is 5.11 Å². The molecule has 8 nitrogen and oxygen atoms in total. The summed E-state index contributed by atoms with van der Waals surface area (Å²) in [5.41, 5.74) is 8.65. The van der Waals surface area contributed by atoms with Crippen molar-refractivity contribution >= 4 is 5.82 Å². The Morgan fingerprint density at radius 2 is 1.92 bits per heavy atom.